The molecule has 0 aliphatic carbocycles. The first-order chi connectivity index (χ1) is 13.9. The maximum Gasteiger partial charge on any atom is 0.262 e. The van der Waals surface area contributed by atoms with Crippen LogP contribution in [0.5, 0.6) is 0 Å². The Morgan fingerprint density at radius 3 is 2.48 bits per heavy atom. The lowest BCUT2D eigenvalue weighted by Crippen LogP contribution is -2.28. The quantitative estimate of drug-likeness (QED) is 0.374. The van der Waals surface area contributed by atoms with E-state index in [0.717, 1.165) is 16.5 Å². The van der Waals surface area contributed by atoms with Gasteiger partial charge in [0.2, 0.25) is 5.91 Å². The number of fused-ring (bicyclic) bond motifs is 1. The van der Waals surface area contributed by atoms with Crippen LogP contribution < -0.4 is 5.56 Å². The largest absolute Gasteiger partial charge is 0.341 e. The average molecular weight is 474 g/mol. The van der Waals surface area contributed by atoms with E-state index in [-0.39, 0.29) is 17.2 Å². The van der Waals surface area contributed by atoms with Crippen molar-refractivity contribution >= 4 is 44.5 Å². The minimum absolute atomic E-state index is 0.00220. The van der Waals surface area contributed by atoms with Crippen LogP contribution in [0, 0.1) is 0 Å². The maximum absolute atomic E-state index is 12.8. The molecular weight excluding hydrogens is 450 g/mol. The molecule has 0 fully saturated rings. The molecule has 0 saturated heterocycles. The van der Waals surface area contributed by atoms with Crippen LogP contribution in [-0.2, 0) is 24.3 Å². The fourth-order valence-corrected chi connectivity index (χ4v) is 4.41. The third kappa shape index (κ3) is 5.08. The lowest BCUT2D eigenvalue weighted by molar-refractivity contribution is -0.127. The second-order valence-electron chi connectivity index (χ2n) is 6.81. The highest BCUT2D eigenvalue weighted by Crippen LogP contribution is 2.21. The minimum atomic E-state index is -0.0851. The highest BCUT2D eigenvalue weighted by molar-refractivity contribution is 9.10. The van der Waals surface area contributed by atoms with Gasteiger partial charge in [-0.05, 0) is 42.7 Å². The van der Waals surface area contributed by atoms with E-state index in [4.69, 9.17) is 0 Å². The Hall–Kier alpha value is -2.12. The zero-order valence-electron chi connectivity index (χ0n) is 16.8. The molecule has 0 saturated carbocycles. The number of amides is 1. The lowest BCUT2D eigenvalue weighted by atomic mass is 10.1. The van der Waals surface area contributed by atoms with Crippen molar-refractivity contribution < 1.29 is 4.79 Å². The number of rotatable bonds is 7. The molecule has 0 aliphatic rings. The third-order valence-electron chi connectivity index (χ3n) is 4.80. The zero-order valence-corrected chi connectivity index (χ0v) is 19.2. The zero-order chi connectivity index (χ0) is 21.0. The maximum atomic E-state index is 12.8. The molecular formula is C22H24BrN3O2S. The molecule has 1 heterocycles. The van der Waals surface area contributed by atoms with Crippen LogP contribution in [0.1, 0.15) is 25.0 Å². The molecule has 0 bridgehead atoms. The molecule has 0 radical (unpaired) electrons. The van der Waals surface area contributed by atoms with E-state index in [2.05, 4.69) is 52.1 Å². The fourth-order valence-electron chi connectivity index (χ4n) is 3.04. The summed E-state index contributed by atoms with van der Waals surface area (Å²) < 4.78 is 2.46. The molecule has 3 aromatic rings. The standard InChI is InChI=1S/C22H24BrN3O2S/c1-4-15-6-8-16(9-7-15)13-25(3)20(27)14-29-22-24-19-11-10-17(23)12-18(19)21(28)26(22)5-2/h6-12H,4-5,13-14H2,1-3H3. The normalized spacial score (nSPS) is 11.0. The summed E-state index contributed by atoms with van der Waals surface area (Å²) >= 11 is 4.71. The Morgan fingerprint density at radius 2 is 1.83 bits per heavy atom. The predicted octanol–water partition coefficient (Wildman–Crippen LogP) is 4.49. The van der Waals surface area contributed by atoms with Gasteiger partial charge in [0.15, 0.2) is 5.16 Å². The molecule has 0 atom stereocenters. The second-order valence-corrected chi connectivity index (χ2v) is 8.67. The summed E-state index contributed by atoms with van der Waals surface area (Å²) in [7, 11) is 1.80. The summed E-state index contributed by atoms with van der Waals surface area (Å²) in [6.07, 6.45) is 1.00. The molecule has 152 valence electrons. The number of aryl methyl sites for hydroxylation is 1. The van der Waals surface area contributed by atoms with Gasteiger partial charge in [-0.3, -0.25) is 14.2 Å². The fraction of sp³-hybridized carbons (Fsp3) is 0.318. The molecule has 2 aromatic carbocycles. The van der Waals surface area contributed by atoms with E-state index in [1.807, 2.05) is 19.1 Å². The van der Waals surface area contributed by atoms with Crippen LogP contribution in [-0.4, -0.2) is 33.2 Å². The Labute approximate surface area is 183 Å². The van der Waals surface area contributed by atoms with Gasteiger partial charge in [-0.25, -0.2) is 4.98 Å². The van der Waals surface area contributed by atoms with E-state index in [1.54, 1.807) is 22.6 Å². The minimum Gasteiger partial charge on any atom is -0.341 e. The summed E-state index contributed by atoms with van der Waals surface area (Å²) in [4.78, 5) is 31.7. The number of nitrogens with zero attached hydrogens (tertiary/aromatic N) is 3. The van der Waals surface area contributed by atoms with Crippen molar-refractivity contribution in [3.8, 4) is 0 Å². The van der Waals surface area contributed by atoms with Crippen LogP contribution in [0.25, 0.3) is 10.9 Å². The molecule has 29 heavy (non-hydrogen) atoms. The van der Waals surface area contributed by atoms with E-state index in [1.165, 1.54) is 17.3 Å². The number of hydrogen-bond acceptors (Lipinski definition) is 4. The summed E-state index contributed by atoms with van der Waals surface area (Å²) in [5.41, 5.74) is 2.94. The smallest absolute Gasteiger partial charge is 0.262 e. The molecule has 5 nitrogen and oxygen atoms in total. The summed E-state index contributed by atoms with van der Waals surface area (Å²) in [5.74, 6) is 0.236. The lowest BCUT2D eigenvalue weighted by Gasteiger charge is -2.18. The van der Waals surface area contributed by atoms with E-state index < -0.39 is 0 Å². The van der Waals surface area contributed by atoms with Crippen molar-refractivity contribution in [2.75, 3.05) is 12.8 Å². The van der Waals surface area contributed by atoms with Crippen molar-refractivity contribution in [3.63, 3.8) is 0 Å². The molecule has 1 aromatic heterocycles. The van der Waals surface area contributed by atoms with Gasteiger partial charge in [-0.1, -0.05) is 58.9 Å². The monoisotopic (exact) mass is 473 g/mol. The highest BCUT2D eigenvalue weighted by atomic mass is 79.9. The van der Waals surface area contributed by atoms with E-state index in [9.17, 15) is 9.59 Å². The Balaban J connectivity index is 1.72. The van der Waals surface area contributed by atoms with Crippen LogP contribution in [0.15, 0.2) is 56.9 Å². The van der Waals surface area contributed by atoms with Gasteiger partial charge in [0.25, 0.3) is 5.56 Å². The van der Waals surface area contributed by atoms with Crippen LogP contribution in [0.4, 0.5) is 0 Å². The topological polar surface area (TPSA) is 55.2 Å². The Morgan fingerprint density at radius 1 is 1.14 bits per heavy atom. The number of halogens is 1. The predicted molar refractivity (Wildman–Crippen MR) is 122 cm³/mol. The number of benzene rings is 2. The number of carbonyl (C=O) groups excluding carboxylic acids is 1. The summed E-state index contributed by atoms with van der Waals surface area (Å²) in [5, 5.41) is 1.14. The van der Waals surface area contributed by atoms with Gasteiger partial charge >= 0.3 is 0 Å². The van der Waals surface area contributed by atoms with Crippen LogP contribution >= 0.6 is 27.7 Å². The van der Waals surface area contributed by atoms with Crippen molar-refractivity contribution in [3.05, 3.63) is 68.4 Å². The van der Waals surface area contributed by atoms with Crippen molar-refractivity contribution in [1.82, 2.24) is 14.5 Å². The first kappa shape index (κ1) is 21.6. The molecule has 0 aliphatic heterocycles. The van der Waals surface area contributed by atoms with Gasteiger partial charge in [0.1, 0.15) is 0 Å². The second kappa shape index (κ2) is 9.59. The number of carbonyl (C=O) groups is 1. The number of aromatic nitrogens is 2. The highest BCUT2D eigenvalue weighted by Gasteiger charge is 2.15. The van der Waals surface area contributed by atoms with Crippen LogP contribution in [0.2, 0.25) is 0 Å². The Bertz CT molecular complexity index is 1080. The van der Waals surface area contributed by atoms with E-state index in [0.29, 0.717) is 29.1 Å². The van der Waals surface area contributed by atoms with Crippen LogP contribution in [0.3, 0.4) is 0 Å². The number of hydrogen-bond donors (Lipinski definition) is 0. The first-order valence-corrected chi connectivity index (χ1v) is 11.4. The van der Waals surface area contributed by atoms with Gasteiger partial charge in [0, 0.05) is 24.6 Å². The SMILES string of the molecule is CCc1ccc(CN(C)C(=O)CSc2nc3ccc(Br)cc3c(=O)n2CC)cc1. The van der Waals surface area contributed by atoms with Gasteiger partial charge in [0.05, 0.1) is 16.7 Å². The number of thioether (sulfide) groups is 1. The van der Waals surface area contributed by atoms with Crippen molar-refractivity contribution in [2.45, 2.75) is 38.5 Å². The van der Waals surface area contributed by atoms with Crippen molar-refractivity contribution in [2.24, 2.45) is 0 Å². The molecule has 0 spiro atoms. The third-order valence-corrected chi connectivity index (χ3v) is 6.25. The average Bonchev–Trinajstić information content (AvgIpc) is 2.73. The molecule has 1 amide bonds. The molecule has 0 N–H and O–H groups in total. The van der Waals surface area contributed by atoms with Crippen molar-refractivity contribution in [1.29, 1.82) is 0 Å². The summed E-state index contributed by atoms with van der Waals surface area (Å²) in [6, 6.07) is 13.8. The van der Waals surface area contributed by atoms with Gasteiger partial charge < -0.3 is 4.90 Å². The van der Waals surface area contributed by atoms with E-state index >= 15 is 0 Å². The van der Waals surface area contributed by atoms with Gasteiger partial charge in [-0.2, -0.15) is 0 Å². The molecule has 0 unspecified atom stereocenters. The first-order valence-electron chi connectivity index (χ1n) is 9.57. The summed E-state index contributed by atoms with van der Waals surface area (Å²) in [6.45, 7) is 5.09. The molecule has 7 heteroatoms. The molecule has 3 rings (SSSR count). The van der Waals surface area contributed by atoms with Gasteiger partial charge in [-0.15, -0.1) is 0 Å². The Kier molecular flexibility index (Phi) is 7.14.